The van der Waals surface area contributed by atoms with Crippen LogP contribution in [0.4, 0.5) is 0 Å². The molecule has 5 heteroatoms. The van der Waals surface area contributed by atoms with Gasteiger partial charge >= 0.3 is 5.97 Å². The van der Waals surface area contributed by atoms with Crippen LogP contribution in [0.2, 0.25) is 0 Å². The van der Waals surface area contributed by atoms with E-state index in [9.17, 15) is 9.90 Å². The molecule has 0 spiro atoms. The van der Waals surface area contributed by atoms with Crippen molar-refractivity contribution in [3.05, 3.63) is 24.8 Å². The molecule has 0 aromatic heterocycles. The summed E-state index contributed by atoms with van der Waals surface area (Å²) in [5.74, 6) is -0.586. The summed E-state index contributed by atoms with van der Waals surface area (Å²) in [5.41, 5.74) is 0. The van der Waals surface area contributed by atoms with Gasteiger partial charge in [0.25, 0.3) is 0 Å². The van der Waals surface area contributed by atoms with Crippen molar-refractivity contribution < 1.29 is 24.5 Å². The zero-order valence-corrected chi connectivity index (χ0v) is 14.3. The lowest BCUT2D eigenvalue weighted by Gasteiger charge is -2.29. The molecule has 5 atom stereocenters. The second-order valence-corrected chi connectivity index (χ2v) is 6.78. The van der Waals surface area contributed by atoms with Crippen LogP contribution in [0.15, 0.2) is 24.8 Å². The van der Waals surface area contributed by atoms with Crippen molar-refractivity contribution in [2.75, 3.05) is 6.61 Å². The van der Waals surface area contributed by atoms with E-state index in [1.165, 1.54) is 6.08 Å². The van der Waals surface area contributed by atoms with Crippen LogP contribution in [-0.2, 0) is 14.3 Å². The number of aliphatic hydroxyl groups excluding tert-OH is 1. The molecule has 0 amide bonds. The molecule has 1 aliphatic carbocycles. The Labute approximate surface area is 144 Å². The number of rotatable bonds is 9. The summed E-state index contributed by atoms with van der Waals surface area (Å²) in [4.78, 5) is 10.4. The third-order valence-electron chi connectivity index (χ3n) is 5.05. The van der Waals surface area contributed by atoms with Crippen molar-refractivity contribution in [2.45, 2.75) is 69.9 Å². The monoisotopic (exact) mass is 338 g/mol. The normalized spacial score (nSPS) is 33.8. The van der Waals surface area contributed by atoms with E-state index in [1.54, 1.807) is 6.08 Å². The van der Waals surface area contributed by atoms with Gasteiger partial charge in [-0.2, -0.15) is 0 Å². The van der Waals surface area contributed by atoms with Crippen molar-refractivity contribution in [1.29, 1.82) is 0 Å². The third-order valence-corrected chi connectivity index (χ3v) is 5.05. The number of hydrogen-bond donors (Lipinski definition) is 2. The van der Waals surface area contributed by atoms with Crippen LogP contribution >= 0.6 is 0 Å². The molecule has 136 valence electrons. The highest BCUT2D eigenvalue weighted by Gasteiger charge is 2.42. The number of aliphatic carboxylic acids is 1. The largest absolute Gasteiger partial charge is 0.478 e. The molecule has 2 N–H and O–H groups in total. The maximum Gasteiger partial charge on any atom is 0.327 e. The highest BCUT2D eigenvalue weighted by atomic mass is 16.7. The highest BCUT2D eigenvalue weighted by Crippen LogP contribution is 2.39. The Bertz CT molecular complexity index is 427. The topological polar surface area (TPSA) is 76.0 Å². The summed E-state index contributed by atoms with van der Waals surface area (Å²) < 4.78 is 11.8. The Kier molecular flexibility index (Phi) is 7.95. The SMILES string of the molecule is C=C[C@@H]1[C@@H](CCCC/C=C/C(=O)O)[C@@H](O)C[C@H]1OC1CCCCO1. The number of aliphatic hydroxyl groups is 1. The van der Waals surface area contributed by atoms with Gasteiger partial charge in [0.15, 0.2) is 6.29 Å². The van der Waals surface area contributed by atoms with E-state index in [4.69, 9.17) is 14.6 Å². The summed E-state index contributed by atoms with van der Waals surface area (Å²) in [6.45, 7) is 4.70. The molecule has 1 aliphatic heterocycles. The van der Waals surface area contributed by atoms with Crippen LogP contribution in [0.3, 0.4) is 0 Å². The number of carboxylic acid groups (broad SMARTS) is 1. The first-order valence-electron chi connectivity index (χ1n) is 9.09. The van der Waals surface area contributed by atoms with E-state index in [-0.39, 0.29) is 30.3 Å². The van der Waals surface area contributed by atoms with Crippen molar-refractivity contribution in [3.63, 3.8) is 0 Å². The van der Waals surface area contributed by atoms with Gasteiger partial charge in [0.2, 0.25) is 0 Å². The summed E-state index contributed by atoms with van der Waals surface area (Å²) in [7, 11) is 0. The van der Waals surface area contributed by atoms with Crippen molar-refractivity contribution in [2.24, 2.45) is 11.8 Å². The van der Waals surface area contributed by atoms with Crippen LogP contribution in [0.25, 0.3) is 0 Å². The number of ether oxygens (including phenoxy) is 2. The molecule has 0 radical (unpaired) electrons. The first kappa shape index (κ1) is 19.2. The van der Waals surface area contributed by atoms with Gasteiger partial charge in [-0.25, -0.2) is 4.79 Å². The molecular formula is C19H30O5. The molecule has 2 aliphatic rings. The van der Waals surface area contributed by atoms with E-state index in [0.717, 1.165) is 51.6 Å². The van der Waals surface area contributed by atoms with Gasteiger partial charge in [-0.15, -0.1) is 6.58 Å². The Hall–Kier alpha value is -1.17. The van der Waals surface area contributed by atoms with Crippen LogP contribution in [-0.4, -0.2) is 41.3 Å². The van der Waals surface area contributed by atoms with Crippen molar-refractivity contribution in [1.82, 2.24) is 0 Å². The summed E-state index contributed by atoms with van der Waals surface area (Å²) in [6.07, 6.45) is 11.6. The fraction of sp³-hybridized carbons (Fsp3) is 0.737. The van der Waals surface area contributed by atoms with Crippen molar-refractivity contribution in [3.8, 4) is 0 Å². The van der Waals surface area contributed by atoms with Gasteiger partial charge in [0.1, 0.15) is 0 Å². The molecule has 1 saturated carbocycles. The van der Waals surface area contributed by atoms with Crippen molar-refractivity contribution >= 4 is 5.97 Å². The molecule has 1 unspecified atom stereocenters. The molecule has 0 bridgehead atoms. The highest BCUT2D eigenvalue weighted by molar-refractivity contribution is 5.79. The lowest BCUT2D eigenvalue weighted by Crippen LogP contribution is -2.30. The first-order chi connectivity index (χ1) is 11.6. The van der Waals surface area contributed by atoms with Crippen LogP contribution in [0.5, 0.6) is 0 Å². The third kappa shape index (κ3) is 5.72. The van der Waals surface area contributed by atoms with Crippen LogP contribution < -0.4 is 0 Å². The molecular weight excluding hydrogens is 308 g/mol. The minimum Gasteiger partial charge on any atom is -0.478 e. The molecule has 2 fully saturated rings. The fourth-order valence-electron chi connectivity index (χ4n) is 3.80. The molecule has 24 heavy (non-hydrogen) atoms. The van der Waals surface area contributed by atoms with E-state index < -0.39 is 5.97 Å². The van der Waals surface area contributed by atoms with Crippen LogP contribution in [0.1, 0.15) is 51.4 Å². The lowest BCUT2D eigenvalue weighted by molar-refractivity contribution is -0.193. The number of unbranched alkanes of at least 4 members (excludes halogenated alkanes) is 2. The quantitative estimate of drug-likeness (QED) is 0.383. The molecule has 1 heterocycles. The Morgan fingerprint density at radius 3 is 2.83 bits per heavy atom. The Morgan fingerprint density at radius 2 is 2.17 bits per heavy atom. The molecule has 0 aromatic rings. The maximum atomic E-state index is 10.4. The Morgan fingerprint density at radius 1 is 1.33 bits per heavy atom. The summed E-state index contributed by atoms with van der Waals surface area (Å²) >= 11 is 0. The predicted molar refractivity (Wildman–Crippen MR) is 91.5 cm³/mol. The van der Waals surface area contributed by atoms with Gasteiger partial charge in [0, 0.05) is 25.0 Å². The maximum absolute atomic E-state index is 10.4. The summed E-state index contributed by atoms with van der Waals surface area (Å²) in [6, 6.07) is 0. The van der Waals surface area contributed by atoms with E-state index in [2.05, 4.69) is 6.58 Å². The number of carboxylic acids is 1. The van der Waals surface area contributed by atoms with E-state index in [0.29, 0.717) is 6.42 Å². The molecule has 1 saturated heterocycles. The Balaban J connectivity index is 1.76. The lowest BCUT2D eigenvalue weighted by atomic mass is 9.88. The van der Waals surface area contributed by atoms with Gasteiger partial charge in [0.05, 0.1) is 12.2 Å². The minimum absolute atomic E-state index is 0.0162. The first-order valence-corrected chi connectivity index (χ1v) is 9.09. The average Bonchev–Trinajstić information content (AvgIpc) is 2.86. The zero-order chi connectivity index (χ0) is 17.4. The van der Waals surface area contributed by atoms with E-state index in [1.807, 2.05) is 6.08 Å². The van der Waals surface area contributed by atoms with Gasteiger partial charge < -0.3 is 19.7 Å². The zero-order valence-electron chi connectivity index (χ0n) is 14.3. The molecule has 5 nitrogen and oxygen atoms in total. The van der Waals surface area contributed by atoms with Gasteiger partial charge in [-0.05, 0) is 44.4 Å². The second-order valence-electron chi connectivity index (χ2n) is 6.78. The molecule has 2 rings (SSSR count). The standard InChI is InChI=1S/C19H30O5/c1-2-14-15(9-5-3-4-6-10-18(21)22)16(20)13-17(14)24-19-11-7-8-12-23-19/h2,6,10,14-17,19-20H,1,3-5,7-9,11-13H2,(H,21,22)/b10-6+/t14-,15-,16+,17-,19?/m1/s1. The van der Waals surface area contributed by atoms with Gasteiger partial charge in [-0.1, -0.05) is 18.6 Å². The van der Waals surface area contributed by atoms with Gasteiger partial charge in [-0.3, -0.25) is 0 Å². The predicted octanol–water partition coefficient (Wildman–Crippen LogP) is 3.28. The number of carbonyl (C=O) groups is 1. The minimum atomic E-state index is -0.905. The average molecular weight is 338 g/mol. The fourth-order valence-corrected chi connectivity index (χ4v) is 3.80. The smallest absolute Gasteiger partial charge is 0.327 e. The number of hydrogen-bond acceptors (Lipinski definition) is 4. The number of allylic oxidation sites excluding steroid dienone is 1. The van der Waals surface area contributed by atoms with E-state index >= 15 is 0 Å². The second kappa shape index (κ2) is 9.97. The van der Waals surface area contributed by atoms with Crippen LogP contribution in [0, 0.1) is 11.8 Å². The molecule has 0 aromatic carbocycles. The summed E-state index contributed by atoms with van der Waals surface area (Å²) in [5, 5.41) is 19.0.